The van der Waals surface area contributed by atoms with Crippen LogP contribution in [-0.2, 0) is 17.8 Å². The molecule has 0 radical (unpaired) electrons. The molecule has 10 heteroatoms. The molecule has 1 saturated heterocycles. The normalized spacial score (nSPS) is 29.2. The van der Waals surface area contributed by atoms with Crippen molar-refractivity contribution in [3.05, 3.63) is 63.1 Å². The van der Waals surface area contributed by atoms with Gasteiger partial charge in [0.15, 0.2) is 17.7 Å². The molecule has 2 amide bonds. The molecular formula is C22H19F2N3O5. The third-order valence-corrected chi connectivity index (χ3v) is 7.08. The predicted molar refractivity (Wildman–Crippen MR) is 105 cm³/mol. The average Bonchev–Trinajstić information content (AvgIpc) is 3.50. The second-order valence-corrected chi connectivity index (χ2v) is 8.85. The number of rotatable bonds is 3. The lowest BCUT2D eigenvalue weighted by atomic mass is 10.0. The molecule has 1 aromatic carbocycles. The van der Waals surface area contributed by atoms with Crippen LogP contribution in [0.25, 0.3) is 0 Å². The SMILES string of the molecule is O=C(NCc1ccc(F)cc1F)c1cn2c(c(O)c1=O)C(=O)N1C(C2)O[C@H]2C[C@@H]1[C@H]1C[C@H]12. The highest BCUT2D eigenvalue weighted by Crippen LogP contribution is 2.58. The maximum atomic E-state index is 13.8. The molecule has 166 valence electrons. The molecule has 3 fully saturated rings. The Balaban J connectivity index is 1.29. The van der Waals surface area contributed by atoms with Crippen LogP contribution in [0.15, 0.2) is 29.2 Å². The fourth-order valence-corrected chi connectivity index (χ4v) is 5.47. The van der Waals surface area contributed by atoms with Gasteiger partial charge in [0.05, 0.1) is 12.6 Å². The molecule has 0 spiro atoms. The van der Waals surface area contributed by atoms with Gasteiger partial charge in [0.25, 0.3) is 11.8 Å². The second kappa shape index (κ2) is 6.61. The van der Waals surface area contributed by atoms with Gasteiger partial charge in [-0.25, -0.2) is 8.78 Å². The van der Waals surface area contributed by atoms with E-state index in [1.165, 1.54) is 16.8 Å². The Hall–Kier alpha value is -3.27. The van der Waals surface area contributed by atoms with E-state index in [2.05, 4.69) is 5.32 Å². The number of aromatic nitrogens is 1. The van der Waals surface area contributed by atoms with Crippen molar-refractivity contribution in [3.8, 4) is 5.75 Å². The summed E-state index contributed by atoms with van der Waals surface area (Å²) < 4.78 is 34.4. The summed E-state index contributed by atoms with van der Waals surface area (Å²) in [5.74, 6) is -2.82. The minimum Gasteiger partial charge on any atom is -0.503 e. The summed E-state index contributed by atoms with van der Waals surface area (Å²) in [6.07, 6.45) is 2.62. The summed E-state index contributed by atoms with van der Waals surface area (Å²) in [4.78, 5) is 40.1. The van der Waals surface area contributed by atoms with Gasteiger partial charge in [0, 0.05) is 30.4 Å². The number of hydrogen-bond acceptors (Lipinski definition) is 5. The first-order chi connectivity index (χ1) is 15.3. The van der Waals surface area contributed by atoms with Crippen molar-refractivity contribution in [2.24, 2.45) is 11.8 Å². The van der Waals surface area contributed by atoms with Gasteiger partial charge in [-0.2, -0.15) is 0 Å². The highest BCUT2D eigenvalue weighted by molar-refractivity contribution is 5.99. The summed E-state index contributed by atoms with van der Waals surface area (Å²) >= 11 is 0. The van der Waals surface area contributed by atoms with Crippen LogP contribution in [0.1, 0.15) is 39.3 Å². The molecule has 6 rings (SSSR count). The van der Waals surface area contributed by atoms with Gasteiger partial charge in [-0.1, -0.05) is 6.07 Å². The number of amides is 2. The number of nitrogens with one attached hydrogen (secondary N) is 1. The highest BCUT2D eigenvalue weighted by atomic mass is 19.1. The summed E-state index contributed by atoms with van der Waals surface area (Å²) in [7, 11) is 0. The third kappa shape index (κ3) is 2.72. The number of aromatic hydroxyl groups is 1. The topological polar surface area (TPSA) is 101 Å². The van der Waals surface area contributed by atoms with Crippen molar-refractivity contribution in [1.29, 1.82) is 0 Å². The number of fused-ring (bicyclic) bond motifs is 8. The van der Waals surface area contributed by atoms with Crippen LogP contribution in [0.3, 0.4) is 0 Å². The average molecular weight is 443 g/mol. The van der Waals surface area contributed by atoms with Crippen molar-refractivity contribution < 1.29 is 28.2 Å². The third-order valence-electron chi connectivity index (χ3n) is 7.08. The van der Waals surface area contributed by atoms with Crippen molar-refractivity contribution in [2.75, 3.05) is 0 Å². The highest BCUT2D eigenvalue weighted by Gasteiger charge is 2.63. The van der Waals surface area contributed by atoms with Crippen LogP contribution in [0.4, 0.5) is 8.78 Å². The van der Waals surface area contributed by atoms with Gasteiger partial charge in [-0.15, -0.1) is 0 Å². The van der Waals surface area contributed by atoms with Crippen LogP contribution >= 0.6 is 0 Å². The molecule has 2 N–H and O–H groups in total. The lowest BCUT2D eigenvalue weighted by Crippen LogP contribution is -2.58. The zero-order valence-corrected chi connectivity index (χ0v) is 16.8. The maximum absolute atomic E-state index is 13.8. The summed E-state index contributed by atoms with van der Waals surface area (Å²) in [5, 5.41) is 12.9. The number of ether oxygens (including phenoxy) is 1. The Morgan fingerprint density at radius 1 is 1.22 bits per heavy atom. The summed E-state index contributed by atoms with van der Waals surface area (Å²) in [5.41, 5.74) is -1.47. The first-order valence-electron chi connectivity index (χ1n) is 10.5. The number of halogens is 2. The second-order valence-electron chi connectivity index (χ2n) is 8.85. The first-order valence-corrected chi connectivity index (χ1v) is 10.5. The monoisotopic (exact) mass is 443 g/mol. The fourth-order valence-electron chi connectivity index (χ4n) is 5.47. The van der Waals surface area contributed by atoms with Crippen molar-refractivity contribution in [3.63, 3.8) is 0 Å². The number of carbonyl (C=O) groups is 2. The maximum Gasteiger partial charge on any atom is 0.276 e. The van der Waals surface area contributed by atoms with E-state index in [0.29, 0.717) is 17.9 Å². The van der Waals surface area contributed by atoms with Crippen molar-refractivity contribution >= 4 is 11.8 Å². The zero-order valence-electron chi connectivity index (χ0n) is 16.8. The fraction of sp³-hybridized carbons (Fsp3) is 0.409. The Kier molecular flexibility index (Phi) is 4.01. The van der Waals surface area contributed by atoms with E-state index in [0.717, 1.165) is 18.9 Å². The van der Waals surface area contributed by atoms with Gasteiger partial charge in [0.2, 0.25) is 5.43 Å². The Morgan fingerprint density at radius 2 is 2.03 bits per heavy atom. The van der Waals surface area contributed by atoms with E-state index >= 15 is 0 Å². The van der Waals surface area contributed by atoms with Crippen LogP contribution < -0.4 is 10.7 Å². The molecule has 8 nitrogen and oxygen atoms in total. The number of hydrogen-bond donors (Lipinski definition) is 2. The molecule has 2 bridgehead atoms. The smallest absolute Gasteiger partial charge is 0.276 e. The lowest BCUT2D eigenvalue weighted by Gasteiger charge is -2.45. The molecule has 2 aliphatic carbocycles. The Bertz CT molecular complexity index is 1240. The molecule has 3 heterocycles. The predicted octanol–water partition coefficient (Wildman–Crippen LogP) is 1.35. The van der Waals surface area contributed by atoms with Crippen LogP contribution in [0.5, 0.6) is 5.75 Å². The first kappa shape index (κ1) is 19.4. The van der Waals surface area contributed by atoms with E-state index in [-0.39, 0.29) is 42.1 Å². The van der Waals surface area contributed by atoms with Gasteiger partial charge < -0.3 is 24.6 Å². The van der Waals surface area contributed by atoms with Gasteiger partial charge in [-0.05, 0) is 30.7 Å². The van der Waals surface area contributed by atoms with E-state index in [4.69, 9.17) is 4.74 Å². The molecule has 32 heavy (non-hydrogen) atoms. The minimum atomic E-state index is -0.980. The van der Waals surface area contributed by atoms with Crippen molar-refractivity contribution in [2.45, 2.75) is 44.3 Å². The molecule has 1 unspecified atom stereocenters. The number of carbonyl (C=O) groups excluding carboxylic acids is 2. The van der Waals surface area contributed by atoms with E-state index < -0.39 is 40.9 Å². The quantitative estimate of drug-likeness (QED) is 0.746. The van der Waals surface area contributed by atoms with E-state index in [1.807, 2.05) is 0 Å². The van der Waals surface area contributed by atoms with Gasteiger partial charge in [0.1, 0.15) is 17.2 Å². The zero-order chi connectivity index (χ0) is 22.3. The molecule has 4 aliphatic rings. The number of pyridine rings is 1. The molecule has 5 atom stereocenters. The molecular weight excluding hydrogens is 424 g/mol. The Labute approximate surface area is 180 Å². The largest absolute Gasteiger partial charge is 0.503 e. The Morgan fingerprint density at radius 3 is 2.81 bits per heavy atom. The van der Waals surface area contributed by atoms with Gasteiger partial charge >= 0.3 is 0 Å². The molecule has 1 aromatic heterocycles. The number of benzene rings is 1. The van der Waals surface area contributed by atoms with Crippen LogP contribution in [0.2, 0.25) is 0 Å². The standard InChI is InChI=1S/C22H19F2N3O5/c23-10-2-1-9(14(24)3-10)6-25-21(30)13-7-26-8-17-27(22(31)18(26)20(29)19(13)28)15-5-16(32-17)12-4-11(12)15/h1-3,7,11-12,15-17,29H,4-6,8H2,(H,25,30)/t11-,12+,15+,16-,17?/m0/s1. The van der Waals surface area contributed by atoms with Crippen molar-refractivity contribution in [1.82, 2.24) is 14.8 Å². The minimum absolute atomic E-state index is 0.0394. The number of nitrogens with zero attached hydrogens (tertiary/aromatic N) is 2. The lowest BCUT2D eigenvalue weighted by molar-refractivity contribution is -0.144. The molecule has 2 aliphatic heterocycles. The van der Waals surface area contributed by atoms with E-state index in [1.54, 1.807) is 4.90 Å². The van der Waals surface area contributed by atoms with Crippen LogP contribution in [0, 0.1) is 23.5 Å². The van der Waals surface area contributed by atoms with Gasteiger partial charge in [-0.3, -0.25) is 14.4 Å². The molecule has 2 aromatic rings. The van der Waals surface area contributed by atoms with E-state index in [9.17, 15) is 28.3 Å². The summed E-state index contributed by atoms with van der Waals surface area (Å²) in [6, 6.07) is 2.99. The van der Waals surface area contributed by atoms with Crippen LogP contribution in [-0.4, -0.2) is 44.8 Å². The molecule has 2 saturated carbocycles. The summed E-state index contributed by atoms with van der Waals surface area (Å²) in [6.45, 7) is -0.0916.